The van der Waals surface area contributed by atoms with Gasteiger partial charge in [-0.2, -0.15) is 0 Å². The van der Waals surface area contributed by atoms with Crippen LogP contribution in [0.3, 0.4) is 0 Å². The second-order valence-electron chi connectivity index (χ2n) is 6.40. The number of benzene rings is 2. The third-order valence-corrected chi connectivity index (χ3v) is 4.79. The first-order chi connectivity index (χ1) is 13.5. The van der Waals surface area contributed by atoms with Gasteiger partial charge in [-0.05, 0) is 42.0 Å². The summed E-state index contributed by atoms with van der Waals surface area (Å²) >= 11 is 0. The first-order valence-electron chi connectivity index (χ1n) is 8.59. The standard InChI is InChI=1S/C20H18FN3O4/c1-27-15-7-11(8-16(28-2)19(15)26)14-9-17(25)23-20-18(14)24(10-22-20)13-5-3-12(21)4-6-13/h3-8,10,14,26H,9H2,1-2H3,(H,23,25). The molecule has 0 spiro atoms. The Morgan fingerprint density at radius 3 is 2.43 bits per heavy atom. The van der Waals surface area contributed by atoms with E-state index in [0.29, 0.717) is 11.5 Å². The fourth-order valence-corrected chi connectivity index (χ4v) is 3.45. The minimum atomic E-state index is -0.361. The Hall–Kier alpha value is -3.55. The Kier molecular flexibility index (Phi) is 4.38. The highest BCUT2D eigenvalue weighted by atomic mass is 19.1. The summed E-state index contributed by atoms with van der Waals surface area (Å²) in [7, 11) is 2.89. The van der Waals surface area contributed by atoms with Crippen LogP contribution in [-0.2, 0) is 4.79 Å². The Morgan fingerprint density at radius 1 is 1.18 bits per heavy atom. The number of phenols is 1. The normalized spacial score (nSPS) is 15.7. The van der Waals surface area contributed by atoms with Crippen LogP contribution in [0.2, 0.25) is 0 Å². The number of imidazole rings is 1. The van der Waals surface area contributed by atoms with E-state index in [2.05, 4.69) is 10.3 Å². The summed E-state index contributed by atoms with van der Waals surface area (Å²) in [5, 5.41) is 13.0. The third-order valence-electron chi connectivity index (χ3n) is 4.79. The van der Waals surface area contributed by atoms with E-state index in [1.165, 1.54) is 26.4 Å². The molecule has 1 aliphatic heterocycles. The zero-order valence-corrected chi connectivity index (χ0v) is 15.3. The van der Waals surface area contributed by atoms with E-state index in [4.69, 9.17) is 9.47 Å². The Morgan fingerprint density at radius 2 is 1.82 bits per heavy atom. The minimum absolute atomic E-state index is 0.110. The number of hydrogen-bond donors (Lipinski definition) is 2. The first kappa shape index (κ1) is 17.8. The van der Waals surface area contributed by atoms with E-state index in [0.717, 1.165) is 11.3 Å². The fourth-order valence-electron chi connectivity index (χ4n) is 3.45. The van der Waals surface area contributed by atoms with Crippen molar-refractivity contribution in [1.29, 1.82) is 0 Å². The second-order valence-corrected chi connectivity index (χ2v) is 6.40. The lowest BCUT2D eigenvalue weighted by atomic mass is 9.89. The number of carbonyl (C=O) groups excluding carboxylic acids is 1. The van der Waals surface area contributed by atoms with Crippen LogP contribution < -0.4 is 14.8 Å². The number of amides is 1. The predicted octanol–water partition coefficient (Wildman–Crippen LogP) is 3.21. The lowest BCUT2D eigenvalue weighted by molar-refractivity contribution is -0.116. The van der Waals surface area contributed by atoms with Crippen LogP contribution in [0.25, 0.3) is 5.69 Å². The average Bonchev–Trinajstić information content (AvgIpc) is 3.12. The van der Waals surface area contributed by atoms with Crippen molar-refractivity contribution in [2.45, 2.75) is 12.3 Å². The molecule has 2 N–H and O–H groups in total. The predicted molar refractivity (Wildman–Crippen MR) is 99.8 cm³/mol. The van der Waals surface area contributed by atoms with Gasteiger partial charge in [-0.15, -0.1) is 0 Å². The first-order valence-corrected chi connectivity index (χ1v) is 8.59. The number of aromatic hydroxyl groups is 1. The number of nitrogens with one attached hydrogen (secondary N) is 1. The van der Waals surface area contributed by atoms with Crippen molar-refractivity contribution in [3.63, 3.8) is 0 Å². The topological polar surface area (TPSA) is 85.6 Å². The Bertz CT molecular complexity index is 1020. The van der Waals surface area contributed by atoms with Crippen molar-refractivity contribution in [3.05, 3.63) is 59.8 Å². The largest absolute Gasteiger partial charge is 0.502 e. The van der Waals surface area contributed by atoms with Crippen LogP contribution in [0.15, 0.2) is 42.7 Å². The average molecular weight is 383 g/mol. The zero-order valence-electron chi connectivity index (χ0n) is 15.3. The van der Waals surface area contributed by atoms with Gasteiger partial charge in [0.25, 0.3) is 0 Å². The molecule has 1 unspecified atom stereocenters. The van der Waals surface area contributed by atoms with Gasteiger partial charge in [0.2, 0.25) is 11.7 Å². The maximum atomic E-state index is 13.3. The molecule has 28 heavy (non-hydrogen) atoms. The van der Waals surface area contributed by atoms with Gasteiger partial charge in [0.05, 0.1) is 19.9 Å². The fraction of sp³-hybridized carbons (Fsp3) is 0.200. The van der Waals surface area contributed by atoms with Crippen LogP contribution >= 0.6 is 0 Å². The number of aromatic nitrogens is 2. The summed E-state index contributed by atoms with van der Waals surface area (Å²) in [4.78, 5) is 16.6. The van der Waals surface area contributed by atoms with E-state index in [1.54, 1.807) is 30.6 Å². The van der Waals surface area contributed by atoms with Crippen molar-refractivity contribution in [3.8, 4) is 22.9 Å². The second kappa shape index (κ2) is 6.88. The quantitative estimate of drug-likeness (QED) is 0.723. The molecule has 2 heterocycles. The van der Waals surface area contributed by atoms with Gasteiger partial charge in [-0.1, -0.05) is 0 Å². The molecule has 3 aromatic rings. The molecule has 0 saturated heterocycles. The van der Waals surface area contributed by atoms with Crippen LogP contribution in [-0.4, -0.2) is 34.8 Å². The molecule has 1 aromatic heterocycles. The van der Waals surface area contributed by atoms with Crippen LogP contribution in [0.5, 0.6) is 17.2 Å². The number of phenolic OH excluding ortho intramolecular Hbond substituents is 1. The summed E-state index contributed by atoms with van der Waals surface area (Å²) in [5.74, 6) is -0.0505. The molecule has 1 aliphatic rings. The van der Waals surface area contributed by atoms with E-state index < -0.39 is 0 Å². The number of halogens is 1. The number of rotatable bonds is 4. The maximum Gasteiger partial charge on any atom is 0.226 e. The van der Waals surface area contributed by atoms with E-state index in [-0.39, 0.29) is 41.3 Å². The molecular weight excluding hydrogens is 365 g/mol. The molecule has 0 radical (unpaired) electrons. The molecule has 144 valence electrons. The third kappa shape index (κ3) is 2.92. The highest BCUT2D eigenvalue weighted by Gasteiger charge is 2.32. The smallest absolute Gasteiger partial charge is 0.226 e. The van der Waals surface area contributed by atoms with E-state index in [9.17, 15) is 14.3 Å². The molecule has 4 rings (SSSR count). The van der Waals surface area contributed by atoms with Gasteiger partial charge in [-0.25, -0.2) is 9.37 Å². The number of fused-ring (bicyclic) bond motifs is 1. The number of hydrogen-bond acceptors (Lipinski definition) is 5. The number of methoxy groups -OCH3 is 2. The molecule has 1 atom stereocenters. The molecule has 0 bridgehead atoms. The summed E-state index contributed by atoms with van der Waals surface area (Å²) in [6, 6.07) is 9.36. The van der Waals surface area contributed by atoms with Crippen molar-refractivity contribution in [1.82, 2.24) is 9.55 Å². The molecule has 0 saturated carbocycles. The molecule has 0 aliphatic carbocycles. The van der Waals surface area contributed by atoms with Crippen molar-refractivity contribution in [2.75, 3.05) is 19.5 Å². The SMILES string of the molecule is COc1cc(C2CC(=O)Nc3ncn(-c4ccc(F)cc4)c32)cc(OC)c1O. The molecular formula is C20H18FN3O4. The molecule has 8 heteroatoms. The van der Waals surface area contributed by atoms with Gasteiger partial charge < -0.3 is 24.5 Å². The van der Waals surface area contributed by atoms with Gasteiger partial charge in [0.1, 0.15) is 12.1 Å². The van der Waals surface area contributed by atoms with Crippen LogP contribution in [0.1, 0.15) is 23.6 Å². The van der Waals surface area contributed by atoms with E-state index in [1.807, 2.05) is 4.57 Å². The number of nitrogens with zero attached hydrogens (tertiary/aromatic N) is 2. The number of ether oxygens (including phenoxy) is 2. The summed E-state index contributed by atoms with van der Waals surface area (Å²) in [6.45, 7) is 0. The Balaban J connectivity index is 1.88. The van der Waals surface area contributed by atoms with Crippen LogP contribution in [0.4, 0.5) is 10.2 Å². The summed E-state index contributed by atoms with van der Waals surface area (Å²) in [6.07, 6.45) is 1.77. The molecule has 0 fully saturated rings. The highest BCUT2D eigenvalue weighted by molar-refractivity contribution is 5.94. The number of carbonyl (C=O) groups is 1. The summed E-state index contributed by atoms with van der Waals surface area (Å²) < 4.78 is 25.6. The monoisotopic (exact) mass is 383 g/mol. The highest BCUT2D eigenvalue weighted by Crippen LogP contribution is 2.44. The van der Waals surface area contributed by atoms with E-state index >= 15 is 0 Å². The molecule has 2 aromatic carbocycles. The summed E-state index contributed by atoms with van der Waals surface area (Å²) in [5.41, 5.74) is 2.20. The number of anilines is 1. The maximum absolute atomic E-state index is 13.3. The lowest BCUT2D eigenvalue weighted by Gasteiger charge is -2.25. The zero-order chi connectivity index (χ0) is 19.8. The lowest BCUT2D eigenvalue weighted by Crippen LogP contribution is -2.25. The van der Waals surface area contributed by atoms with Crippen molar-refractivity contribution in [2.24, 2.45) is 0 Å². The van der Waals surface area contributed by atoms with Gasteiger partial charge >= 0.3 is 0 Å². The molecule has 7 nitrogen and oxygen atoms in total. The van der Waals surface area contributed by atoms with Gasteiger partial charge in [0.15, 0.2) is 17.3 Å². The minimum Gasteiger partial charge on any atom is -0.502 e. The van der Waals surface area contributed by atoms with Crippen molar-refractivity contribution >= 4 is 11.7 Å². The van der Waals surface area contributed by atoms with Crippen LogP contribution in [0, 0.1) is 5.82 Å². The molecule has 1 amide bonds. The Labute approximate surface area is 160 Å². The van der Waals surface area contributed by atoms with Crippen molar-refractivity contribution < 1.29 is 23.8 Å². The van der Waals surface area contributed by atoms with Gasteiger partial charge in [0, 0.05) is 18.0 Å². The van der Waals surface area contributed by atoms with Gasteiger partial charge in [-0.3, -0.25) is 4.79 Å².